The lowest BCUT2D eigenvalue weighted by molar-refractivity contribution is 0.669. The molecule has 0 atom stereocenters. The number of rotatable bonds is 3. The molecule has 0 fully saturated rings. The molecule has 4 aromatic heterocycles. The van der Waals surface area contributed by atoms with Crippen molar-refractivity contribution in [1.82, 2.24) is 19.5 Å². The summed E-state index contributed by atoms with van der Waals surface area (Å²) in [7, 11) is 0. The molecule has 4 heterocycles. The van der Waals surface area contributed by atoms with Crippen LogP contribution in [-0.4, -0.2) is 19.5 Å². The first-order valence-electron chi connectivity index (χ1n) is 19.1. The third kappa shape index (κ3) is 3.48. The van der Waals surface area contributed by atoms with Crippen molar-refractivity contribution in [2.45, 2.75) is 0 Å². The quantitative estimate of drug-likeness (QED) is 0.205. The predicted molar refractivity (Wildman–Crippen MR) is 180 cm³/mol. The second-order valence-electron chi connectivity index (χ2n) is 10.5. The number of aromatic nitrogens is 4. The highest BCUT2D eigenvalue weighted by Crippen LogP contribution is 2.40. The SMILES string of the molecule is [2H]c1c([2H])c([2H])c2c(oc3c2c([2H])c([2H])c2c4c([2H])c([2H])c([2H])c([2H])c4n(-c4nc(-c5ccccc5)nc(-c5cccc6c5oc5ccccc56)n4)c32)c1[2H]. The minimum absolute atomic E-state index is 0.0239. The van der Waals surface area contributed by atoms with Crippen molar-refractivity contribution in [3.8, 4) is 28.7 Å². The van der Waals surface area contributed by atoms with Gasteiger partial charge in [-0.15, -0.1) is 0 Å². The van der Waals surface area contributed by atoms with Gasteiger partial charge in [0.2, 0.25) is 5.95 Å². The van der Waals surface area contributed by atoms with Crippen LogP contribution in [-0.2, 0) is 0 Å². The van der Waals surface area contributed by atoms with E-state index in [1.807, 2.05) is 54.6 Å². The Kier molecular flexibility index (Phi) is 3.35. The van der Waals surface area contributed by atoms with E-state index in [1.54, 1.807) is 18.2 Å². The largest absolute Gasteiger partial charge is 0.455 e. The van der Waals surface area contributed by atoms with E-state index < -0.39 is 60.4 Å². The molecule has 0 aliphatic carbocycles. The van der Waals surface area contributed by atoms with Crippen molar-refractivity contribution in [2.75, 3.05) is 0 Å². The summed E-state index contributed by atoms with van der Waals surface area (Å²) in [5.41, 5.74) is 1.72. The zero-order valence-electron chi connectivity index (χ0n) is 33.0. The van der Waals surface area contributed by atoms with Gasteiger partial charge in [-0.05, 0) is 30.3 Å². The standard InChI is InChI=1S/C39H22N4O2/c1-2-11-23(12-3-1)37-40-38(30-17-10-16-28-25-14-5-8-19-32(25)44-35(28)30)42-39(41-37)43-31-18-7-4-13-24(31)27-21-22-29-26-15-6-9-20-33(26)45-36(29)34(27)43/h1-22H/i4D,6D,7D,9D,13D,15D,18D,20D,21D,22D. The Morgan fingerprint density at radius 1 is 0.511 bits per heavy atom. The summed E-state index contributed by atoms with van der Waals surface area (Å²) >= 11 is 0. The molecule has 10 rings (SSSR count). The Hall–Kier alpha value is -6.27. The van der Waals surface area contributed by atoms with Crippen LogP contribution in [0.3, 0.4) is 0 Å². The van der Waals surface area contributed by atoms with E-state index in [4.69, 9.17) is 34.8 Å². The Balaban J connectivity index is 1.44. The lowest BCUT2D eigenvalue weighted by Crippen LogP contribution is -2.06. The zero-order valence-corrected chi connectivity index (χ0v) is 23.0. The van der Waals surface area contributed by atoms with Crippen LogP contribution in [0.15, 0.2) is 142 Å². The molecule has 45 heavy (non-hydrogen) atoms. The van der Waals surface area contributed by atoms with Gasteiger partial charge in [-0.1, -0.05) is 103 Å². The lowest BCUT2D eigenvalue weighted by atomic mass is 10.1. The van der Waals surface area contributed by atoms with E-state index in [1.165, 1.54) is 4.57 Å². The Morgan fingerprint density at radius 2 is 1.24 bits per heavy atom. The Morgan fingerprint density at radius 3 is 2.18 bits per heavy atom. The summed E-state index contributed by atoms with van der Waals surface area (Å²) in [5, 5.41) is 1.32. The normalized spacial score (nSPS) is 15.1. The summed E-state index contributed by atoms with van der Waals surface area (Å²) in [5.74, 6) is 0.238. The van der Waals surface area contributed by atoms with Crippen molar-refractivity contribution < 1.29 is 22.5 Å². The van der Waals surface area contributed by atoms with Crippen LogP contribution in [0, 0.1) is 0 Å². The molecule has 6 aromatic carbocycles. The molecule has 0 N–H and O–H groups in total. The molecule has 6 nitrogen and oxygen atoms in total. The highest BCUT2D eigenvalue weighted by atomic mass is 16.3. The average molecular weight is 589 g/mol. The fourth-order valence-corrected chi connectivity index (χ4v) is 5.99. The summed E-state index contributed by atoms with van der Waals surface area (Å²) in [6.45, 7) is 0. The maximum atomic E-state index is 9.30. The maximum absolute atomic E-state index is 9.30. The van der Waals surface area contributed by atoms with Crippen LogP contribution in [0.1, 0.15) is 13.7 Å². The molecule has 0 saturated carbocycles. The van der Waals surface area contributed by atoms with Gasteiger partial charge in [-0.25, -0.2) is 4.98 Å². The maximum Gasteiger partial charge on any atom is 0.238 e. The van der Waals surface area contributed by atoms with Crippen LogP contribution in [0.2, 0.25) is 0 Å². The van der Waals surface area contributed by atoms with E-state index in [0.29, 0.717) is 22.3 Å². The van der Waals surface area contributed by atoms with Gasteiger partial charge in [0, 0.05) is 37.9 Å². The zero-order chi connectivity index (χ0) is 38.2. The topological polar surface area (TPSA) is 69.9 Å². The molecule has 0 aliphatic heterocycles. The molecule has 0 radical (unpaired) electrons. The van der Waals surface area contributed by atoms with Crippen LogP contribution >= 0.6 is 0 Å². The van der Waals surface area contributed by atoms with Gasteiger partial charge < -0.3 is 8.83 Å². The molecule has 0 aliphatic rings. The van der Waals surface area contributed by atoms with Gasteiger partial charge in [0.1, 0.15) is 22.3 Å². The van der Waals surface area contributed by atoms with E-state index >= 15 is 0 Å². The first-order valence-corrected chi connectivity index (χ1v) is 14.1. The second-order valence-corrected chi connectivity index (χ2v) is 10.5. The smallest absolute Gasteiger partial charge is 0.238 e. The minimum Gasteiger partial charge on any atom is -0.455 e. The lowest BCUT2D eigenvalue weighted by Gasteiger charge is -2.11. The minimum atomic E-state index is -0.566. The van der Waals surface area contributed by atoms with E-state index in [9.17, 15) is 2.74 Å². The summed E-state index contributed by atoms with van der Waals surface area (Å²) in [4.78, 5) is 14.7. The second kappa shape index (κ2) is 9.11. The number of hydrogen-bond donors (Lipinski definition) is 0. The molecule has 0 bridgehead atoms. The van der Waals surface area contributed by atoms with Gasteiger partial charge in [-0.3, -0.25) is 4.57 Å². The van der Waals surface area contributed by atoms with Crippen LogP contribution < -0.4 is 0 Å². The molecule has 0 spiro atoms. The number of para-hydroxylation sites is 4. The summed E-state index contributed by atoms with van der Waals surface area (Å²) < 4.78 is 102. The number of furan rings is 2. The van der Waals surface area contributed by atoms with Crippen molar-refractivity contribution in [3.05, 3.63) is 133 Å². The van der Waals surface area contributed by atoms with Crippen molar-refractivity contribution >= 4 is 65.7 Å². The van der Waals surface area contributed by atoms with Crippen molar-refractivity contribution in [3.63, 3.8) is 0 Å². The number of fused-ring (bicyclic) bond motifs is 10. The number of benzene rings is 6. The molecular formula is C39H22N4O2. The highest BCUT2D eigenvalue weighted by molar-refractivity contribution is 6.21. The van der Waals surface area contributed by atoms with Gasteiger partial charge in [0.25, 0.3) is 0 Å². The van der Waals surface area contributed by atoms with Gasteiger partial charge in [0.05, 0.1) is 24.8 Å². The van der Waals surface area contributed by atoms with Crippen molar-refractivity contribution in [2.24, 2.45) is 0 Å². The van der Waals surface area contributed by atoms with Gasteiger partial charge in [0.15, 0.2) is 17.2 Å². The van der Waals surface area contributed by atoms with E-state index in [0.717, 1.165) is 10.8 Å². The third-order valence-corrected chi connectivity index (χ3v) is 7.96. The van der Waals surface area contributed by atoms with E-state index in [2.05, 4.69) is 0 Å². The summed E-state index contributed by atoms with van der Waals surface area (Å²) in [6, 6.07) is 17.2. The molecule has 6 heteroatoms. The summed E-state index contributed by atoms with van der Waals surface area (Å²) in [6.07, 6.45) is 0. The molecule has 0 saturated heterocycles. The predicted octanol–water partition coefficient (Wildman–Crippen LogP) is 10.1. The number of hydrogen-bond acceptors (Lipinski definition) is 5. The number of nitrogens with zero attached hydrogens (tertiary/aromatic N) is 4. The molecule has 0 amide bonds. The average Bonchev–Trinajstić information content (AvgIpc) is 3.90. The van der Waals surface area contributed by atoms with Gasteiger partial charge in [-0.2, -0.15) is 9.97 Å². The molecule has 10 aromatic rings. The molecule has 0 unspecified atom stereocenters. The van der Waals surface area contributed by atoms with Gasteiger partial charge >= 0.3 is 0 Å². The Labute approximate surface area is 269 Å². The molecular weight excluding hydrogens is 556 g/mol. The highest BCUT2D eigenvalue weighted by Gasteiger charge is 2.23. The molecule has 210 valence electrons. The van der Waals surface area contributed by atoms with E-state index in [-0.39, 0.29) is 61.3 Å². The first kappa shape index (κ1) is 16.5. The Bertz CT molecular complexity index is 3340. The monoisotopic (exact) mass is 588 g/mol. The third-order valence-electron chi connectivity index (χ3n) is 7.96. The first-order chi connectivity index (χ1) is 26.5. The fourth-order valence-electron chi connectivity index (χ4n) is 5.99. The fraction of sp³-hybridized carbons (Fsp3) is 0. The van der Waals surface area contributed by atoms with Crippen LogP contribution in [0.25, 0.3) is 94.4 Å². The van der Waals surface area contributed by atoms with Crippen molar-refractivity contribution in [1.29, 1.82) is 0 Å². The van der Waals surface area contributed by atoms with Crippen LogP contribution in [0.4, 0.5) is 0 Å². The van der Waals surface area contributed by atoms with Crippen LogP contribution in [0.5, 0.6) is 0 Å².